The second-order valence-corrected chi connectivity index (χ2v) is 4.16. The van der Waals surface area contributed by atoms with E-state index in [4.69, 9.17) is 10.3 Å². The van der Waals surface area contributed by atoms with E-state index in [0.29, 0.717) is 18.3 Å². The Morgan fingerprint density at radius 2 is 1.95 bits per heavy atom. The molecule has 0 bridgehead atoms. The Labute approximate surface area is 110 Å². The second-order valence-electron chi connectivity index (χ2n) is 4.16. The molecule has 5 nitrogen and oxygen atoms in total. The third-order valence-corrected chi connectivity index (χ3v) is 2.88. The highest BCUT2D eigenvalue weighted by molar-refractivity contribution is 5.57. The molecule has 2 N–H and O–H groups in total. The molecule has 1 aromatic carbocycles. The van der Waals surface area contributed by atoms with E-state index in [0.717, 1.165) is 17.8 Å². The van der Waals surface area contributed by atoms with Gasteiger partial charge in [-0.3, -0.25) is 0 Å². The summed E-state index contributed by atoms with van der Waals surface area (Å²) in [5, 5.41) is 4.01. The Hall–Kier alpha value is -2.40. The summed E-state index contributed by atoms with van der Waals surface area (Å²) in [7, 11) is 0. The zero-order valence-corrected chi connectivity index (χ0v) is 10.4. The summed E-state index contributed by atoms with van der Waals surface area (Å²) in [6, 6.07) is 13.6. The third-order valence-electron chi connectivity index (χ3n) is 2.88. The van der Waals surface area contributed by atoms with Crippen LogP contribution >= 0.6 is 0 Å². The van der Waals surface area contributed by atoms with E-state index in [9.17, 15) is 0 Å². The fourth-order valence-corrected chi connectivity index (χ4v) is 1.97. The minimum absolute atomic E-state index is 0.511. The van der Waals surface area contributed by atoms with Crippen molar-refractivity contribution in [1.29, 1.82) is 0 Å². The lowest BCUT2D eigenvalue weighted by Crippen LogP contribution is -2.09. The van der Waals surface area contributed by atoms with E-state index in [-0.39, 0.29) is 0 Å². The maximum absolute atomic E-state index is 5.58. The molecule has 0 atom stereocenters. The molecular weight excluding hydrogens is 240 g/mol. The van der Waals surface area contributed by atoms with Gasteiger partial charge in [0.2, 0.25) is 5.82 Å². The van der Waals surface area contributed by atoms with Crippen LogP contribution in [0.1, 0.15) is 0 Å². The molecule has 0 unspecified atom stereocenters. The molecule has 0 radical (unpaired) electrons. The summed E-state index contributed by atoms with van der Waals surface area (Å²) in [6.45, 7) is 1.30. The normalized spacial score (nSPS) is 10.8. The van der Waals surface area contributed by atoms with Crippen molar-refractivity contribution in [2.75, 3.05) is 6.54 Å². The lowest BCUT2D eigenvalue weighted by molar-refractivity contribution is 0.428. The Kier molecular flexibility index (Phi) is 3.12. The summed E-state index contributed by atoms with van der Waals surface area (Å²) >= 11 is 0. The van der Waals surface area contributed by atoms with Crippen LogP contribution in [0.2, 0.25) is 0 Å². The molecule has 96 valence electrons. The lowest BCUT2D eigenvalue weighted by Gasteiger charge is -2.02. The van der Waals surface area contributed by atoms with E-state index >= 15 is 0 Å². The van der Waals surface area contributed by atoms with Gasteiger partial charge in [0.05, 0.1) is 0 Å². The average molecular weight is 254 g/mol. The van der Waals surface area contributed by atoms with Gasteiger partial charge in [0.15, 0.2) is 0 Å². The van der Waals surface area contributed by atoms with Crippen molar-refractivity contribution in [2.24, 2.45) is 5.73 Å². The number of rotatable bonds is 4. The van der Waals surface area contributed by atoms with Crippen LogP contribution in [-0.2, 0) is 6.54 Å². The van der Waals surface area contributed by atoms with Gasteiger partial charge in [-0.2, -0.15) is 4.98 Å². The molecule has 0 aliphatic carbocycles. The zero-order valence-electron chi connectivity index (χ0n) is 10.4. The highest BCUT2D eigenvalue weighted by Gasteiger charge is 2.13. The van der Waals surface area contributed by atoms with Gasteiger partial charge in [-0.05, 0) is 12.1 Å². The van der Waals surface area contributed by atoms with Gasteiger partial charge in [-0.1, -0.05) is 35.5 Å². The van der Waals surface area contributed by atoms with Crippen LogP contribution in [0.4, 0.5) is 0 Å². The molecule has 2 aromatic heterocycles. The van der Waals surface area contributed by atoms with Crippen molar-refractivity contribution in [3.63, 3.8) is 0 Å². The molecule has 19 heavy (non-hydrogen) atoms. The molecule has 5 heteroatoms. The minimum Gasteiger partial charge on any atom is -0.342 e. The standard InChI is InChI=1S/C14H14N4O/c15-8-10-18-9-4-7-12(18)14-16-13(17-19-14)11-5-2-1-3-6-11/h1-7,9H,8,10,15H2. The number of aromatic nitrogens is 3. The molecule has 0 aliphatic rings. The molecule has 0 saturated heterocycles. The highest BCUT2D eigenvalue weighted by Crippen LogP contribution is 2.22. The predicted octanol–water partition coefficient (Wildman–Crippen LogP) is 2.16. The molecular formula is C14H14N4O. The van der Waals surface area contributed by atoms with Gasteiger partial charge >= 0.3 is 0 Å². The van der Waals surface area contributed by atoms with Crippen LogP contribution in [0, 0.1) is 0 Å². The van der Waals surface area contributed by atoms with Gasteiger partial charge in [0.1, 0.15) is 5.69 Å². The lowest BCUT2D eigenvalue weighted by atomic mass is 10.2. The first-order valence-corrected chi connectivity index (χ1v) is 6.13. The Morgan fingerprint density at radius 3 is 2.74 bits per heavy atom. The SMILES string of the molecule is NCCn1cccc1-c1nc(-c2ccccc2)no1. The van der Waals surface area contributed by atoms with Crippen molar-refractivity contribution in [3.05, 3.63) is 48.7 Å². The monoisotopic (exact) mass is 254 g/mol. The molecule has 0 aliphatic heterocycles. The first-order chi connectivity index (χ1) is 9.38. The van der Waals surface area contributed by atoms with E-state index < -0.39 is 0 Å². The van der Waals surface area contributed by atoms with Gasteiger partial charge < -0.3 is 14.8 Å². The van der Waals surface area contributed by atoms with Gasteiger partial charge in [0, 0.05) is 24.8 Å². The van der Waals surface area contributed by atoms with E-state index in [1.54, 1.807) is 0 Å². The molecule has 0 fully saturated rings. The number of nitrogens with two attached hydrogens (primary N) is 1. The fourth-order valence-electron chi connectivity index (χ4n) is 1.97. The Balaban J connectivity index is 1.95. The van der Waals surface area contributed by atoms with E-state index in [1.165, 1.54) is 0 Å². The van der Waals surface area contributed by atoms with Crippen LogP contribution in [0.25, 0.3) is 23.0 Å². The van der Waals surface area contributed by atoms with Crippen molar-refractivity contribution in [3.8, 4) is 23.0 Å². The van der Waals surface area contributed by atoms with Crippen molar-refractivity contribution < 1.29 is 4.52 Å². The largest absolute Gasteiger partial charge is 0.342 e. The molecule has 0 spiro atoms. The number of nitrogens with zero attached hydrogens (tertiary/aromatic N) is 3. The van der Waals surface area contributed by atoms with Gasteiger partial charge in [-0.15, -0.1) is 0 Å². The quantitative estimate of drug-likeness (QED) is 0.774. The van der Waals surface area contributed by atoms with Crippen molar-refractivity contribution in [1.82, 2.24) is 14.7 Å². The molecule has 3 rings (SSSR count). The maximum Gasteiger partial charge on any atom is 0.274 e. The topological polar surface area (TPSA) is 69.9 Å². The Morgan fingerprint density at radius 1 is 1.11 bits per heavy atom. The van der Waals surface area contributed by atoms with E-state index in [1.807, 2.05) is 53.2 Å². The summed E-state index contributed by atoms with van der Waals surface area (Å²) in [5.41, 5.74) is 7.40. The second kappa shape index (κ2) is 5.07. The molecule has 3 aromatic rings. The molecule has 0 saturated carbocycles. The summed E-state index contributed by atoms with van der Waals surface area (Å²) in [5.74, 6) is 1.11. The number of benzene rings is 1. The van der Waals surface area contributed by atoms with Crippen LogP contribution in [0.15, 0.2) is 53.2 Å². The predicted molar refractivity (Wildman–Crippen MR) is 72.2 cm³/mol. The zero-order chi connectivity index (χ0) is 13.1. The third kappa shape index (κ3) is 2.28. The summed E-state index contributed by atoms with van der Waals surface area (Å²) in [4.78, 5) is 4.43. The van der Waals surface area contributed by atoms with Crippen molar-refractivity contribution >= 4 is 0 Å². The molecule has 2 heterocycles. The summed E-state index contributed by atoms with van der Waals surface area (Å²) in [6.07, 6.45) is 1.95. The fraction of sp³-hybridized carbons (Fsp3) is 0.143. The first-order valence-electron chi connectivity index (χ1n) is 6.13. The van der Waals surface area contributed by atoms with Gasteiger partial charge in [-0.25, -0.2) is 0 Å². The number of hydrogen-bond donors (Lipinski definition) is 1. The number of hydrogen-bond acceptors (Lipinski definition) is 4. The summed E-state index contributed by atoms with van der Waals surface area (Å²) < 4.78 is 7.33. The van der Waals surface area contributed by atoms with Crippen molar-refractivity contribution in [2.45, 2.75) is 6.54 Å². The minimum atomic E-state index is 0.511. The van der Waals surface area contributed by atoms with Crippen LogP contribution < -0.4 is 5.73 Å². The van der Waals surface area contributed by atoms with E-state index in [2.05, 4.69) is 10.1 Å². The van der Waals surface area contributed by atoms with Crippen LogP contribution in [0.3, 0.4) is 0 Å². The van der Waals surface area contributed by atoms with Crippen LogP contribution in [-0.4, -0.2) is 21.3 Å². The maximum atomic E-state index is 5.58. The highest BCUT2D eigenvalue weighted by atomic mass is 16.5. The smallest absolute Gasteiger partial charge is 0.274 e. The van der Waals surface area contributed by atoms with Crippen LogP contribution in [0.5, 0.6) is 0 Å². The molecule has 0 amide bonds. The first kappa shape index (κ1) is 11.7. The van der Waals surface area contributed by atoms with Gasteiger partial charge in [0.25, 0.3) is 5.89 Å². The Bertz CT molecular complexity index is 657. The average Bonchev–Trinajstić information content (AvgIpc) is 3.08.